The van der Waals surface area contributed by atoms with Gasteiger partial charge in [0.25, 0.3) is 0 Å². The summed E-state index contributed by atoms with van der Waals surface area (Å²) in [6.07, 6.45) is 0. The van der Waals surface area contributed by atoms with Gasteiger partial charge >= 0.3 is 5.97 Å². The van der Waals surface area contributed by atoms with E-state index in [1.165, 1.54) is 0 Å². The van der Waals surface area contributed by atoms with Gasteiger partial charge in [-0.15, -0.1) is 0 Å². The zero-order chi connectivity index (χ0) is 19.7. The van der Waals surface area contributed by atoms with Gasteiger partial charge in [0, 0.05) is 15.4 Å². The van der Waals surface area contributed by atoms with Crippen LogP contribution in [-0.2, 0) is 0 Å². The number of nitrogens with zero attached hydrogens (tertiary/aromatic N) is 1. The predicted molar refractivity (Wildman–Crippen MR) is 116 cm³/mol. The minimum atomic E-state index is -0.387. The molecule has 28 heavy (non-hydrogen) atoms. The second-order valence-electron chi connectivity index (χ2n) is 6.74. The minimum Gasteiger partial charge on any atom is -0.423 e. The molecule has 0 aliphatic rings. The van der Waals surface area contributed by atoms with E-state index in [1.807, 2.05) is 68.4 Å². The first-order valence-corrected chi connectivity index (χ1v) is 9.76. The standard InChI is InChI=1S/C24H18BrNO2/c1-15-12-16(2)23-20(13-15)21(24(27)28-19-6-4-3-5-7-19)14-22(26-23)17-8-10-18(25)11-9-17/h3-14H,1-2H3. The molecule has 0 aliphatic heterocycles. The van der Waals surface area contributed by atoms with Crippen molar-refractivity contribution < 1.29 is 9.53 Å². The van der Waals surface area contributed by atoms with E-state index in [0.29, 0.717) is 11.3 Å². The monoisotopic (exact) mass is 431 g/mol. The van der Waals surface area contributed by atoms with Crippen LogP contribution in [0.4, 0.5) is 0 Å². The van der Waals surface area contributed by atoms with Gasteiger partial charge in [-0.05, 0) is 55.8 Å². The normalized spacial score (nSPS) is 10.8. The highest BCUT2D eigenvalue weighted by Gasteiger charge is 2.17. The van der Waals surface area contributed by atoms with E-state index < -0.39 is 0 Å². The van der Waals surface area contributed by atoms with Crippen LogP contribution in [0.3, 0.4) is 0 Å². The second-order valence-corrected chi connectivity index (χ2v) is 7.66. The second kappa shape index (κ2) is 7.56. The summed E-state index contributed by atoms with van der Waals surface area (Å²) in [5.41, 5.74) is 5.12. The quantitative estimate of drug-likeness (QED) is 0.274. The summed E-state index contributed by atoms with van der Waals surface area (Å²) in [6, 6.07) is 22.9. The van der Waals surface area contributed by atoms with Crippen molar-refractivity contribution in [1.29, 1.82) is 0 Å². The zero-order valence-corrected chi connectivity index (χ0v) is 17.2. The van der Waals surface area contributed by atoms with Crippen molar-refractivity contribution in [3.05, 3.63) is 94.0 Å². The van der Waals surface area contributed by atoms with E-state index in [4.69, 9.17) is 9.72 Å². The molecule has 0 bridgehead atoms. The van der Waals surface area contributed by atoms with Crippen molar-refractivity contribution in [2.75, 3.05) is 0 Å². The Morgan fingerprint density at radius 2 is 1.64 bits per heavy atom. The van der Waals surface area contributed by atoms with E-state index in [9.17, 15) is 4.79 Å². The maximum atomic E-state index is 13.0. The number of carbonyl (C=O) groups excluding carboxylic acids is 1. The maximum absolute atomic E-state index is 13.0. The number of aromatic nitrogens is 1. The molecule has 3 aromatic carbocycles. The molecule has 4 rings (SSSR count). The van der Waals surface area contributed by atoms with E-state index in [0.717, 1.165) is 37.8 Å². The van der Waals surface area contributed by atoms with Gasteiger partial charge in [0.2, 0.25) is 0 Å². The molecule has 1 heterocycles. The number of benzene rings is 3. The molecule has 0 radical (unpaired) electrons. The third kappa shape index (κ3) is 3.69. The number of carbonyl (C=O) groups is 1. The molecule has 0 aliphatic carbocycles. The van der Waals surface area contributed by atoms with Crippen molar-refractivity contribution in [3.8, 4) is 17.0 Å². The molecular weight excluding hydrogens is 414 g/mol. The predicted octanol–water partition coefficient (Wildman–Crippen LogP) is 6.50. The van der Waals surface area contributed by atoms with E-state index in [1.54, 1.807) is 12.1 Å². The highest BCUT2D eigenvalue weighted by atomic mass is 79.9. The number of rotatable bonds is 3. The lowest BCUT2D eigenvalue weighted by Crippen LogP contribution is -2.10. The Kier molecular flexibility index (Phi) is 4.97. The number of ether oxygens (including phenoxy) is 1. The van der Waals surface area contributed by atoms with Crippen molar-refractivity contribution in [2.45, 2.75) is 13.8 Å². The first kappa shape index (κ1) is 18.4. The molecule has 4 aromatic rings. The van der Waals surface area contributed by atoms with Crippen LogP contribution in [0.2, 0.25) is 0 Å². The molecule has 0 spiro atoms. The van der Waals surface area contributed by atoms with Crippen LogP contribution >= 0.6 is 15.9 Å². The molecule has 0 unspecified atom stereocenters. The van der Waals surface area contributed by atoms with Crippen LogP contribution in [0.15, 0.2) is 77.3 Å². The molecule has 1 aromatic heterocycles. The summed E-state index contributed by atoms with van der Waals surface area (Å²) in [5.74, 6) is 0.133. The van der Waals surface area contributed by atoms with Crippen LogP contribution in [0.1, 0.15) is 21.5 Å². The summed E-state index contributed by atoms with van der Waals surface area (Å²) < 4.78 is 6.62. The van der Waals surface area contributed by atoms with Crippen LogP contribution in [-0.4, -0.2) is 11.0 Å². The van der Waals surface area contributed by atoms with E-state index in [2.05, 4.69) is 22.0 Å². The molecule has 0 amide bonds. The van der Waals surface area contributed by atoms with E-state index >= 15 is 0 Å². The summed E-state index contributed by atoms with van der Waals surface area (Å²) in [6.45, 7) is 4.03. The molecule has 0 saturated heterocycles. The van der Waals surface area contributed by atoms with Crippen LogP contribution in [0, 0.1) is 13.8 Å². The fraction of sp³-hybridized carbons (Fsp3) is 0.0833. The summed E-state index contributed by atoms with van der Waals surface area (Å²) in [7, 11) is 0. The Balaban J connectivity index is 1.89. The van der Waals surface area contributed by atoms with Crippen molar-refractivity contribution in [2.24, 2.45) is 0 Å². The fourth-order valence-corrected chi connectivity index (χ4v) is 3.53. The van der Waals surface area contributed by atoms with E-state index in [-0.39, 0.29) is 5.97 Å². The minimum absolute atomic E-state index is 0.387. The molecule has 138 valence electrons. The highest BCUT2D eigenvalue weighted by Crippen LogP contribution is 2.29. The fourth-order valence-electron chi connectivity index (χ4n) is 3.27. The van der Waals surface area contributed by atoms with Crippen molar-refractivity contribution in [3.63, 3.8) is 0 Å². The SMILES string of the molecule is Cc1cc(C)c2nc(-c3ccc(Br)cc3)cc(C(=O)Oc3ccccc3)c2c1. The smallest absolute Gasteiger partial charge is 0.344 e. The lowest BCUT2D eigenvalue weighted by molar-refractivity contribution is 0.0737. The largest absolute Gasteiger partial charge is 0.423 e. The molecule has 0 N–H and O–H groups in total. The molecule has 4 heteroatoms. The van der Waals surface area contributed by atoms with Gasteiger partial charge in [0.15, 0.2) is 0 Å². The van der Waals surface area contributed by atoms with Crippen LogP contribution < -0.4 is 4.74 Å². The Hall–Kier alpha value is -2.98. The lowest BCUT2D eigenvalue weighted by atomic mass is 10.00. The summed E-state index contributed by atoms with van der Waals surface area (Å²) in [5, 5.41) is 0.805. The number of hydrogen-bond acceptors (Lipinski definition) is 3. The number of para-hydroxylation sites is 1. The number of halogens is 1. The van der Waals surface area contributed by atoms with Gasteiger partial charge < -0.3 is 4.74 Å². The number of pyridine rings is 1. The molecule has 0 saturated carbocycles. The van der Waals surface area contributed by atoms with Gasteiger partial charge in [0.05, 0.1) is 16.8 Å². The maximum Gasteiger partial charge on any atom is 0.344 e. The molecular formula is C24H18BrNO2. The lowest BCUT2D eigenvalue weighted by Gasteiger charge is -2.12. The first-order valence-electron chi connectivity index (χ1n) is 8.96. The summed E-state index contributed by atoms with van der Waals surface area (Å²) in [4.78, 5) is 17.9. The number of esters is 1. The van der Waals surface area contributed by atoms with Gasteiger partial charge in [-0.1, -0.05) is 57.9 Å². The topological polar surface area (TPSA) is 39.2 Å². The zero-order valence-electron chi connectivity index (χ0n) is 15.6. The van der Waals surface area contributed by atoms with Gasteiger partial charge in [-0.25, -0.2) is 9.78 Å². The number of aryl methyl sites for hydroxylation is 2. The molecule has 0 fully saturated rings. The number of hydrogen-bond donors (Lipinski definition) is 0. The van der Waals surface area contributed by atoms with Gasteiger partial charge in [-0.2, -0.15) is 0 Å². The Morgan fingerprint density at radius 3 is 2.36 bits per heavy atom. The van der Waals surface area contributed by atoms with Crippen molar-refractivity contribution in [1.82, 2.24) is 4.98 Å². The Labute approximate surface area is 172 Å². The average molecular weight is 432 g/mol. The Bertz CT molecular complexity index is 1170. The molecule has 3 nitrogen and oxygen atoms in total. The van der Waals surface area contributed by atoms with Crippen molar-refractivity contribution >= 4 is 32.8 Å². The van der Waals surface area contributed by atoms with Crippen LogP contribution in [0.5, 0.6) is 5.75 Å². The average Bonchev–Trinajstić information content (AvgIpc) is 2.68. The number of fused-ring (bicyclic) bond motifs is 1. The van der Waals surface area contributed by atoms with Gasteiger partial charge in [-0.3, -0.25) is 0 Å². The Morgan fingerprint density at radius 1 is 0.929 bits per heavy atom. The van der Waals surface area contributed by atoms with Crippen LogP contribution in [0.25, 0.3) is 22.2 Å². The van der Waals surface area contributed by atoms with Gasteiger partial charge in [0.1, 0.15) is 5.75 Å². The third-order valence-corrected chi connectivity index (χ3v) is 5.09. The first-order chi connectivity index (χ1) is 13.5. The third-order valence-electron chi connectivity index (χ3n) is 4.56. The highest BCUT2D eigenvalue weighted by molar-refractivity contribution is 9.10. The summed E-state index contributed by atoms with van der Waals surface area (Å²) >= 11 is 3.46. The molecule has 0 atom stereocenters.